The van der Waals surface area contributed by atoms with Crippen molar-refractivity contribution in [3.05, 3.63) is 53.1 Å². The number of methoxy groups -OCH3 is 2. The molecule has 4 rings (SSSR count). The van der Waals surface area contributed by atoms with Crippen molar-refractivity contribution in [2.24, 2.45) is 0 Å². The quantitative estimate of drug-likeness (QED) is 0.857. The van der Waals surface area contributed by atoms with Crippen molar-refractivity contribution < 1.29 is 18.8 Å². The lowest BCUT2D eigenvalue weighted by Gasteiger charge is -2.21. The maximum Gasteiger partial charge on any atom is 0.292 e. The van der Waals surface area contributed by atoms with Crippen LogP contribution in [0.4, 0.5) is 5.69 Å². The van der Waals surface area contributed by atoms with Crippen molar-refractivity contribution in [1.82, 2.24) is 0 Å². The average molecular weight is 337 g/mol. The van der Waals surface area contributed by atoms with Crippen LogP contribution >= 0.6 is 0 Å². The number of nitrogens with one attached hydrogen (secondary N) is 1. The smallest absolute Gasteiger partial charge is 0.292 e. The number of hydrogen-bond acceptors (Lipinski definition) is 3. The lowest BCUT2D eigenvalue weighted by atomic mass is 9.91. The van der Waals surface area contributed by atoms with E-state index in [-0.39, 0.29) is 11.9 Å². The summed E-state index contributed by atoms with van der Waals surface area (Å²) in [7, 11) is 3.29. The molecular weight excluding hydrogens is 316 g/mol. The average Bonchev–Trinajstić information content (AvgIpc) is 2.75. The molecule has 2 aromatic carbocycles. The first-order valence-electron chi connectivity index (χ1n) is 8.43. The summed E-state index contributed by atoms with van der Waals surface area (Å²) in [5.41, 5.74) is 5.26. The lowest BCUT2D eigenvalue weighted by Crippen LogP contribution is -2.40. The molecule has 0 aromatic heterocycles. The first kappa shape index (κ1) is 15.7. The van der Waals surface area contributed by atoms with Crippen molar-refractivity contribution in [1.29, 1.82) is 0 Å². The van der Waals surface area contributed by atoms with Crippen molar-refractivity contribution in [3.8, 4) is 11.5 Å². The van der Waals surface area contributed by atoms with Gasteiger partial charge < -0.3 is 14.8 Å². The Morgan fingerprint density at radius 2 is 1.80 bits per heavy atom. The van der Waals surface area contributed by atoms with Crippen LogP contribution in [0.2, 0.25) is 0 Å². The molecule has 5 heteroatoms. The Balaban J connectivity index is 2.02. The number of anilines is 1. The van der Waals surface area contributed by atoms with Gasteiger partial charge in [0.15, 0.2) is 11.5 Å². The minimum Gasteiger partial charge on any atom is -0.493 e. The Labute approximate surface area is 146 Å². The number of carbonyl (C=O) groups is 1. The molecule has 0 spiro atoms. The van der Waals surface area contributed by atoms with Gasteiger partial charge in [-0.2, -0.15) is 0 Å². The van der Waals surface area contributed by atoms with Gasteiger partial charge in [0.2, 0.25) is 11.8 Å². The molecule has 128 valence electrons. The lowest BCUT2D eigenvalue weighted by molar-refractivity contribution is -0.548. The molecule has 0 radical (unpaired) electrons. The van der Waals surface area contributed by atoms with E-state index in [1.165, 1.54) is 5.56 Å². The zero-order valence-corrected chi connectivity index (χ0v) is 14.6. The van der Waals surface area contributed by atoms with Gasteiger partial charge in [0.25, 0.3) is 5.91 Å². The molecule has 25 heavy (non-hydrogen) atoms. The maximum absolute atomic E-state index is 12.6. The second kappa shape index (κ2) is 5.92. The highest BCUT2D eigenvalue weighted by atomic mass is 16.5. The fraction of sp³-hybridized carbons (Fsp3) is 0.300. The predicted octanol–water partition coefficient (Wildman–Crippen LogP) is 2.45. The molecular formula is C20H21N2O3+. The van der Waals surface area contributed by atoms with E-state index in [2.05, 4.69) is 16.0 Å². The predicted molar refractivity (Wildman–Crippen MR) is 96.1 cm³/mol. The third-order valence-corrected chi connectivity index (χ3v) is 5.06. The molecule has 2 aliphatic rings. The van der Waals surface area contributed by atoms with Crippen LogP contribution in [-0.4, -0.2) is 43.0 Å². The Morgan fingerprint density at radius 1 is 1.08 bits per heavy atom. The van der Waals surface area contributed by atoms with Gasteiger partial charge in [0.1, 0.15) is 6.54 Å². The molecule has 1 amide bonds. The Morgan fingerprint density at radius 3 is 2.56 bits per heavy atom. The number of amides is 1. The molecule has 2 aliphatic heterocycles. The van der Waals surface area contributed by atoms with Crippen LogP contribution in [0.5, 0.6) is 11.5 Å². The molecule has 0 bridgehead atoms. The van der Waals surface area contributed by atoms with Gasteiger partial charge >= 0.3 is 0 Å². The van der Waals surface area contributed by atoms with E-state index in [1.807, 2.05) is 37.3 Å². The molecule has 0 fully saturated rings. The second-order valence-electron chi connectivity index (χ2n) is 6.37. The van der Waals surface area contributed by atoms with Gasteiger partial charge in [-0.15, -0.1) is 0 Å². The van der Waals surface area contributed by atoms with Crippen LogP contribution in [0.1, 0.15) is 23.6 Å². The molecule has 5 nitrogen and oxygen atoms in total. The molecule has 1 atom stereocenters. The molecule has 0 saturated carbocycles. The monoisotopic (exact) mass is 337 g/mol. The summed E-state index contributed by atoms with van der Waals surface area (Å²) in [5, 5.41) is 3.05. The van der Waals surface area contributed by atoms with E-state index in [4.69, 9.17) is 9.47 Å². The highest BCUT2D eigenvalue weighted by Gasteiger charge is 2.38. The largest absolute Gasteiger partial charge is 0.493 e. The van der Waals surface area contributed by atoms with E-state index in [1.54, 1.807) is 14.2 Å². The third-order valence-electron chi connectivity index (χ3n) is 5.06. The van der Waals surface area contributed by atoms with Crippen LogP contribution in [-0.2, 0) is 11.2 Å². The summed E-state index contributed by atoms with van der Waals surface area (Å²) in [6.07, 6.45) is 0.860. The number of para-hydroxylation sites is 1. The normalized spacial score (nSPS) is 18.5. The summed E-state index contributed by atoms with van der Waals surface area (Å²) >= 11 is 0. The Hall–Kier alpha value is -2.82. The maximum atomic E-state index is 12.6. The number of rotatable bonds is 2. The van der Waals surface area contributed by atoms with Crippen molar-refractivity contribution in [3.63, 3.8) is 0 Å². The van der Waals surface area contributed by atoms with Gasteiger partial charge in [0.05, 0.1) is 31.0 Å². The van der Waals surface area contributed by atoms with Crippen LogP contribution in [0, 0.1) is 0 Å². The number of nitrogens with zero attached hydrogens (tertiary/aromatic N) is 1. The van der Waals surface area contributed by atoms with E-state index in [0.29, 0.717) is 5.75 Å². The zero-order chi connectivity index (χ0) is 17.6. The summed E-state index contributed by atoms with van der Waals surface area (Å²) < 4.78 is 13.2. The topological polar surface area (TPSA) is 50.6 Å². The SMILES string of the molecule is COc1cc2c(cc1OC)C1=[N+](CC2)C(C)C(=O)Nc2ccccc21. The van der Waals surface area contributed by atoms with Gasteiger partial charge in [-0.3, -0.25) is 4.79 Å². The Bertz CT molecular complexity index is 902. The van der Waals surface area contributed by atoms with Crippen LogP contribution in [0.3, 0.4) is 0 Å². The summed E-state index contributed by atoms with van der Waals surface area (Å²) in [4.78, 5) is 12.6. The first-order chi connectivity index (χ1) is 12.1. The minimum atomic E-state index is -0.233. The minimum absolute atomic E-state index is 0.0198. The van der Waals surface area contributed by atoms with Crippen LogP contribution in [0.15, 0.2) is 36.4 Å². The van der Waals surface area contributed by atoms with Crippen LogP contribution < -0.4 is 14.8 Å². The summed E-state index contributed by atoms with van der Waals surface area (Å²) in [6.45, 7) is 2.74. The first-order valence-corrected chi connectivity index (χ1v) is 8.43. The van der Waals surface area contributed by atoms with Crippen molar-refractivity contribution >= 4 is 17.3 Å². The third kappa shape index (κ3) is 2.38. The zero-order valence-electron chi connectivity index (χ0n) is 14.6. The standard InChI is InChI=1S/C20H20N2O3/c1-12-20(23)21-16-7-5-4-6-14(16)19-15-11-18(25-3)17(24-2)10-13(15)8-9-22(12)19/h4-7,10-12H,8-9H2,1-3H3/p+1. The number of hydrogen-bond donors (Lipinski definition) is 1. The number of ether oxygens (including phenoxy) is 2. The van der Waals surface area contributed by atoms with E-state index in [0.717, 1.165) is 41.2 Å². The number of benzene rings is 2. The fourth-order valence-corrected chi connectivity index (χ4v) is 3.72. The number of fused-ring (bicyclic) bond motifs is 4. The van der Waals surface area contributed by atoms with E-state index in [9.17, 15) is 4.79 Å². The summed E-state index contributed by atoms with van der Waals surface area (Å²) in [6, 6.07) is 11.8. The highest BCUT2D eigenvalue weighted by Crippen LogP contribution is 2.35. The highest BCUT2D eigenvalue weighted by molar-refractivity contribution is 6.17. The molecule has 0 saturated heterocycles. The molecule has 2 aromatic rings. The molecule has 1 unspecified atom stereocenters. The van der Waals surface area contributed by atoms with Gasteiger partial charge in [-0.1, -0.05) is 12.1 Å². The fourth-order valence-electron chi connectivity index (χ4n) is 3.72. The molecule has 2 heterocycles. The van der Waals surface area contributed by atoms with Crippen molar-refractivity contribution in [2.75, 3.05) is 26.1 Å². The summed E-state index contributed by atoms with van der Waals surface area (Å²) in [5.74, 6) is 1.45. The van der Waals surface area contributed by atoms with E-state index >= 15 is 0 Å². The van der Waals surface area contributed by atoms with Gasteiger partial charge in [-0.25, -0.2) is 4.58 Å². The number of carbonyl (C=O) groups excluding carboxylic acids is 1. The molecule has 0 aliphatic carbocycles. The Kier molecular flexibility index (Phi) is 3.71. The van der Waals surface area contributed by atoms with Crippen molar-refractivity contribution in [2.45, 2.75) is 19.4 Å². The van der Waals surface area contributed by atoms with Gasteiger partial charge in [0, 0.05) is 13.3 Å². The molecule has 1 N–H and O–H groups in total. The second-order valence-corrected chi connectivity index (χ2v) is 6.37. The van der Waals surface area contributed by atoms with E-state index < -0.39 is 0 Å². The van der Waals surface area contributed by atoms with Gasteiger partial charge in [-0.05, 0) is 29.8 Å². The van der Waals surface area contributed by atoms with Crippen LogP contribution in [0.25, 0.3) is 0 Å².